The molecule has 1 aromatic rings. The number of hydrogen-bond acceptors (Lipinski definition) is 1. The van der Waals surface area contributed by atoms with E-state index in [0.717, 1.165) is 24.0 Å². The van der Waals surface area contributed by atoms with Crippen molar-refractivity contribution in [3.8, 4) is 0 Å². The summed E-state index contributed by atoms with van der Waals surface area (Å²) in [6, 6.07) is 6.53. The Hall–Kier alpha value is -0.760. The van der Waals surface area contributed by atoms with Gasteiger partial charge in [-0.1, -0.05) is 35.0 Å². The number of nitrogens with zero attached hydrogens (tertiary/aromatic N) is 1. The fourth-order valence-corrected chi connectivity index (χ4v) is 2.39. The molecule has 2 heteroatoms. The van der Waals surface area contributed by atoms with Crippen LogP contribution in [0.2, 0.25) is 0 Å². The van der Waals surface area contributed by atoms with E-state index in [4.69, 9.17) is 0 Å². The number of halogens is 1. The van der Waals surface area contributed by atoms with Gasteiger partial charge < -0.3 is 4.90 Å². The molecule has 80 valence electrons. The van der Waals surface area contributed by atoms with Crippen molar-refractivity contribution in [3.05, 3.63) is 34.3 Å². The number of fused-ring (bicyclic) bond motifs is 1. The maximum absolute atomic E-state index is 3.52. The van der Waals surface area contributed by atoms with Crippen LogP contribution < -0.4 is 4.90 Å². The van der Waals surface area contributed by atoms with E-state index in [2.05, 4.69) is 58.1 Å². The fourth-order valence-electron chi connectivity index (χ4n) is 2.01. The molecule has 15 heavy (non-hydrogen) atoms. The predicted octanol–water partition coefficient (Wildman–Crippen LogP) is 4.08. The molecule has 0 aromatic heterocycles. The molecule has 2 rings (SSSR count). The second-order valence-electron chi connectivity index (χ2n) is 3.88. The maximum Gasteiger partial charge on any atom is 0.0440 e. The standard InChI is InChI=1S/C13H16BrN/c1-2-8-15-9-4-3-5-11-10-12(14)6-7-13(11)15/h3,5-7,10H,2,4,8-9H2,1H3. The van der Waals surface area contributed by atoms with Crippen LogP contribution in [-0.4, -0.2) is 13.1 Å². The fraction of sp³-hybridized carbons (Fsp3) is 0.385. The van der Waals surface area contributed by atoms with Gasteiger partial charge in [0, 0.05) is 23.2 Å². The SMILES string of the molecule is CCCN1CCC=Cc2cc(Br)ccc21. The van der Waals surface area contributed by atoms with Crippen LogP contribution in [0, 0.1) is 0 Å². The summed E-state index contributed by atoms with van der Waals surface area (Å²) in [4.78, 5) is 2.47. The van der Waals surface area contributed by atoms with Crippen LogP contribution >= 0.6 is 15.9 Å². The average molecular weight is 266 g/mol. The first kappa shape index (κ1) is 10.7. The van der Waals surface area contributed by atoms with Crippen molar-refractivity contribution in [1.82, 2.24) is 0 Å². The molecule has 0 radical (unpaired) electrons. The van der Waals surface area contributed by atoms with Gasteiger partial charge in [-0.3, -0.25) is 0 Å². The molecule has 0 fully saturated rings. The lowest BCUT2D eigenvalue weighted by atomic mass is 10.1. The quantitative estimate of drug-likeness (QED) is 0.779. The summed E-state index contributed by atoms with van der Waals surface area (Å²) in [5.74, 6) is 0. The highest BCUT2D eigenvalue weighted by molar-refractivity contribution is 9.10. The van der Waals surface area contributed by atoms with Crippen LogP contribution in [0.5, 0.6) is 0 Å². The van der Waals surface area contributed by atoms with Crippen molar-refractivity contribution in [1.29, 1.82) is 0 Å². The molecule has 0 saturated carbocycles. The van der Waals surface area contributed by atoms with Gasteiger partial charge in [-0.2, -0.15) is 0 Å². The Bertz CT molecular complexity index is 371. The second-order valence-corrected chi connectivity index (χ2v) is 4.80. The maximum atomic E-state index is 3.52. The van der Waals surface area contributed by atoms with E-state index < -0.39 is 0 Å². The molecule has 1 aromatic carbocycles. The minimum Gasteiger partial charge on any atom is -0.371 e. The first-order valence-electron chi connectivity index (χ1n) is 5.52. The molecule has 0 unspecified atom stereocenters. The summed E-state index contributed by atoms with van der Waals surface area (Å²) < 4.78 is 1.16. The highest BCUT2D eigenvalue weighted by atomic mass is 79.9. The van der Waals surface area contributed by atoms with Crippen molar-refractivity contribution in [3.63, 3.8) is 0 Å². The van der Waals surface area contributed by atoms with Crippen molar-refractivity contribution in [2.75, 3.05) is 18.0 Å². The molecule has 1 aliphatic rings. The van der Waals surface area contributed by atoms with Gasteiger partial charge in [0.05, 0.1) is 0 Å². The largest absolute Gasteiger partial charge is 0.371 e. The average Bonchev–Trinajstić information content (AvgIpc) is 2.41. The van der Waals surface area contributed by atoms with Gasteiger partial charge in [-0.25, -0.2) is 0 Å². The molecule has 0 bridgehead atoms. The van der Waals surface area contributed by atoms with Crippen LogP contribution in [0.3, 0.4) is 0 Å². The van der Waals surface area contributed by atoms with Crippen LogP contribution in [0.1, 0.15) is 25.3 Å². The Morgan fingerprint density at radius 3 is 3.07 bits per heavy atom. The summed E-state index contributed by atoms with van der Waals surface area (Å²) >= 11 is 3.52. The van der Waals surface area contributed by atoms with Crippen LogP contribution in [-0.2, 0) is 0 Å². The van der Waals surface area contributed by atoms with E-state index in [1.165, 1.54) is 17.7 Å². The van der Waals surface area contributed by atoms with E-state index in [9.17, 15) is 0 Å². The molecule has 0 atom stereocenters. The van der Waals surface area contributed by atoms with E-state index in [0.29, 0.717) is 0 Å². The summed E-state index contributed by atoms with van der Waals surface area (Å²) in [7, 11) is 0. The third kappa shape index (κ3) is 2.43. The van der Waals surface area contributed by atoms with Gasteiger partial charge in [-0.15, -0.1) is 0 Å². The van der Waals surface area contributed by atoms with Gasteiger partial charge in [0.15, 0.2) is 0 Å². The van der Waals surface area contributed by atoms with E-state index in [-0.39, 0.29) is 0 Å². The lowest BCUT2D eigenvalue weighted by molar-refractivity contribution is 0.768. The summed E-state index contributed by atoms with van der Waals surface area (Å²) in [6.45, 7) is 4.52. The first-order chi connectivity index (χ1) is 7.31. The zero-order valence-corrected chi connectivity index (χ0v) is 10.6. The minimum absolute atomic E-state index is 1.14. The van der Waals surface area contributed by atoms with Crippen LogP contribution in [0.25, 0.3) is 6.08 Å². The molecular weight excluding hydrogens is 250 g/mol. The lowest BCUT2D eigenvalue weighted by Crippen LogP contribution is -2.24. The first-order valence-corrected chi connectivity index (χ1v) is 6.31. The number of anilines is 1. The molecule has 1 heterocycles. The zero-order valence-electron chi connectivity index (χ0n) is 9.04. The van der Waals surface area contributed by atoms with Crippen molar-refractivity contribution in [2.24, 2.45) is 0 Å². The molecule has 0 saturated heterocycles. The van der Waals surface area contributed by atoms with E-state index >= 15 is 0 Å². The Morgan fingerprint density at radius 1 is 1.40 bits per heavy atom. The van der Waals surface area contributed by atoms with Crippen LogP contribution in [0.15, 0.2) is 28.7 Å². The Balaban J connectivity index is 2.37. The van der Waals surface area contributed by atoms with Gasteiger partial charge >= 0.3 is 0 Å². The molecule has 0 aliphatic carbocycles. The Labute approximate surface area is 99.9 Å². The van der Waals surface area contributed by atoms with Gasteiger partial charge in [0.2, 0.25) is 0 Å². The van der Waals surface area contributed by atoms with Gasteiger partial charge in [0.1, 0.15) is 0 Å². The molecule has 0 spiro atoms. The lowest BCUT2D eigenvalue weighted by Gasteiger charge is -2.24. The zero-order chi connectivity index (χ0) is 10.7. The molecular formula is C13H16BrN. The van der Waals surface area contributed by atoms with Crippen molar-refractivity contribution in [2.45, 2.75) is 19.8 Å². The van der Waals surface area contributed by atoms with Crippen LogP contribution in [0.4, 0.5) is 5.69 Å². The normalized spacial score (nSPS) is 14.9. The van der Waals surface area contributed by atoms with Gasteiger partial charge in [-0.05, 0) is 36.6 Å². The number of benzene rings is 1. The van der Waals surface area contributed by atoms with E-state index in [1.54, 1.807) is 0 Å². The number of rotatable bonds is 2. The second kappa shape index (κ2) is 4.84. The topological polar surface area (TPSA) is 3.24 Å². The summed E-state index contributed by atoms with van der Waals surface area (Å²) in [5, 5.41) is 0. The summed E-state index contributed by atoms with van der Waals surface area (Å²) in [5.41, 5.74) is 2.70. The minimum atomic E-state index is 1.14. The smallest absolute Gasteiger partial charge is 0.0440 e. The third-order valence-corrected chi connectivity index (χ3v) is 3.18. The monoisotopic (exact) mass is 265 g/mol. The molecule has 1 nitrogen and oxygen atoms in total. The highest BCUT2D eigenvalue weighted by Gasteiger charge is 2.11. The molecule has 0 N–H and O–H groups in total. The van der Waals surface area contributed by atoms with Crippen molar-refractivity contribution < 1.29 is 0 Å². The third-order valence-electron chi connectivity index (χ3n) is 2.69. The van der Waals surface area contributed by atoms with Crippen molar-refractivity contribution >= 4 is 27.7 Å². The molecule has 0 amide bonds. The van der Waals surface area contributed by atoms with Gasteiger partial charge in [0.25, 0.3) is 0 Å². The summed E-state index contributed by atoms with van der Waals surface area (Å²) in [6.07, 6.45) is 6.85. The Kier molecular flexibility index (Phi) is 3.47. The van der Waals surface area contributed by atoms with E-state index in [1.807, 2.05) is 0 Å². The Morgan fingerprint density at radius 2 is 2.27 bits per heavy atom. The highest BCUT2D eigenvalue weighted by Crippen LogP contribution is 2.28. The predicted molar refractivity (Wildman–Crippen MR) is 70.3 cm³/mol. The number of hydrogen-bond donors (Lipinski definition) is 0. The molecule has 1 aliphatic heterocycles.